The van der Waals surface area contributed by atoms with E-state index in [9.17, 15) is 8.42 Å². The second-order valence-corrected chi connectivity index (χ2v) is 8.67. The van der Waals surface area contributed by atoms with Crippen LogP contribution in [0.4, 0.5) is 11.4 Å². The van der Waals surface area contributed by atoms with Crippen molar-refractivity contribution in [2.75, 3.05) is 17.1 Å². The van der Waals surface area contributed by atoms with Gasteiger partial charge in [-0.15, -0.1) is 11.3 Å². The zero-order valence-electron chi connectivity index (χ0n) is 13.8. The van der Waals surface area contributed by atoms with Gasteiger partial charge in [0, 0.05) is 22.4 Å². The number of aromatic nitrogens is 1. The van der Waals surface area contributed by atoms with Crippen LogP contribution in [0.5, 0.6) is 5.75 Å². The number of hydrogen-bond donors (Lipinski definition) is 2. The highest BCUT2D eigenvalue weighted by molar-refractivity contribution is 7.92. The second kappa shape index (κ2) is 7.94. The highest BCUT2D eigenvalue weighted by Gasteiger charge is 2.14. The van der Waals surface area contributed by atoms with Gasteiger partial charge in [0.1, 0.15) is 5.75 Å². The lowest BCUT2D eigenvalue weighted by atomic mass is 10.3. The van der Waals surface area contributed by atoms with Gasteiger partial charge in [-0.2, -0.15) is 0 Å². The highest BCUT2D eigenvalue weighted by atomic mass is 35.5. The lowest BCUT2D eigenvalue weighted by molar-refractivity contribution is 0.415. The molecule has 0 fully saturated rings. The summed E-state index contributed by atoms with van der Waals surface area (Å²) in [5.74, 6) is 0.658. The van der Waals surface area contributed by atoms with Crippen LogP contribution in [-0.2, 0) is 16.6 Å². The Hall–Kier alpha value is -2.29. The SMILES string of the molecule is COc1ccc(NS(=O)(=O)c2ccc(NCc3cnc(Cl)s3)cc2)cc1. The number of sulfonamides is 1. The summed E-state index contributed by atoms with van der Waals surface area (Å²) in [6.45, 7) is 0.570. The van der Waals surface area contributed by atoms with Crippen molar-refractivity contribution in [1.82, 2.24) is 4.98 Å². The van der Waals surface area contributed by atoms with Gasteiger partial charge in [0.15, 0.2) is 4.47 Å². The fraction of sp³-hybridized carbons (Fsp3) is 0.118. The van der Waals surface area contributed by atoms with Crippen molar-refractivity contribution >= 4 is 44.3 Å². The number of methoxy groups -OCH3 is 1. The molecule has 0 saturated heterocycles. The quantitative estimate of drug-likeness (QED) is 0.610. The third-order valence-corrected chi connectivity index (χ3v) is 6.01. The summed E-state index contributed by atoms with van der Waals surface area (Å²) in [7, 11) is -2.10. The molecular formula is C17H16ClN3O3S2. The average molecular weight is 410 g/mol. The first kappa shape index (κ1) is 18.5. The fourth-order valence-corrected chi connectivity index (χ4v) is 4.16. The van der Waals surface area contributed by atoms with Gasteiger partial charge in [0.25, 0.3) is 10.0 Å². The molecule has 9 heteroatoms. The molecule has 0 aliphatic carbocycles. The molecule has 1 heterocycles. The molecule has 0 spiro atoms. The molecule has 2 aromatic carbocycles. The molecule has 0 amide bonds. The van der Waals surface area contributed by atoms with Gasteiger partial charge >= 0.3 is 0 Å². The van der Waals surface area contributed by atoms with Crippen LogP contribution in [0.2, 0.25) is 4.47 Å². The van der Waals surface area contributed by atoms with E-state index in [2.05, 4.69) is 15.0 Å². The number of rotatable bonds is 7. The standard InChI is InChI=1S/C17H16ClN3O3S2/c1-24-14-6-2-13(3-7-14)21-26(22,23)16-8-4-12(5-9-16)19-10-15-11-20-17(18)25-15/h2-9,11,19,21H,10H2,1H3. The van der Waals surface area contributed by atoms with Gasteiger partial charge in [-0.3, -0.25) is 4.72 Å². The van der Waals surface area contributed by atoms with E-state index in [4.69, 9.17) is 16.3 Å². The van der Waals surface area contributed by atoms with Gasteiger partial charge in [-0.05, 0) is 48.5 Å². The van der Waals surface area contributed by atoms with Crippen molar-refractivity contribution in [3.05, 3.63) is 64.1 Å². The van der Waals surface area contributed by atoms with Crippen LogP contribution in [0, 0.1) is 0 Å². The number of benzene rings is 2. The van der Waals surface area contributed by atoms with Crippen LogP contribution in [0.15, 0.2) is 59.6 Å². The molecule has 3 aromatic rings. The monoisotopic (exact) mass is 409 g/mol. The first-order chi connectivity index (χ1) is 12.5. The fourth-order valence-electron chi connectivity index (χ4n) is 2.18. The third-order valence-electron chi connectivity index (χ3n) is 3.50. The summed E-state index contributed by atoms with van der Waals surface area (Å²) in [4.78, 5) is 5.15. The summed E-state index contributed by atoms with van der Waals surface area (Å²) in [5, 5.41) is 3.20. The summed E-state index contributed by atoms with van der Waals surface area (Å²) < 4.78 is 33.0. The predicted molar refractivity (Wildman–Crippen MR) is 105 cm³/mol. The maximum absolute atomic E-state index is 12.5. The van der Waals surface area contributed by atoms with Gasteiger partial charge in [-0.25, -0.2) is 13.4 Å². The van der Waals surface area contributed by atoms with Gasteiger partial charge < -0.3 is 10.1 Å². The van der Waals surface area contributed by atoms with E-state index < -0.39 is 10.0 Å². The Morgan fingerprint density at radius 2 is 1.73 bits per heavy atom. The summed E-state index contributed by atoms with van der Waals surface area (Å²) in [5.41, 5.74) is 1.27. The lowest BCUT2D eigenvalue weighted by Crippen LogP contribution is -2.12. The van der Waals surface area contributed by atoms with Crippen molar-refractivity contribution in [3.63, 3.8) is 0 Å². The normalized spacial score (nSPS) is 11.2. The Morgan fingerprint density at radius 1 is 1.08 bits per heavy atom. The molecule has 3 rings (SSSR count). The van der Waals surface area contributed by atoms with E-state index in [1.54, 1.807) is 61.8 Å². The summed E-state index contributed by atoms with van der Waals surface area (Å²) in [6, 6.07) is 13.2. The minimum absolute atomic E-state index is 0.180. The molecular weight excluding hydrogens is 394 g/mol. The Labute approximate surface area is 160 Å². The lowest BCUT2D eigenvalue weighted by Gasteiger charge is -2.10. The molecule has 2 N–H and O–H groups in total. The smallest absolute Gasteiger partial charge is 0.261 e. The highest BCUT2D eigenvalue weighted by Crippen LogP contribution is 2.22. The first-order valence-corrected chi connectivity index (χ1v) is 10.2. The van der Waals surface area contributed by atoms with E-state index in [1.807, 2.05) is 0 Å². The Bertz CT molecular complexity index is 971. The van der Waals surface area contributed by atoms with Crippen LogP contribution in [0.3, 0.4) is 0 Å². The van der Waals surface area contributed by atoms with Crippen molar-refractivity contribution in [2.24, 2.45) is 0 Å². The molecule has 0 unspecified atom stereocenters. The number of nitrogens with one attached hydrogen (secondary N) is 2. The maximum Gasteiger partial charge on any atom is 0.261 e. The van der Waals surface area contributed by atoms with E-state index in [0.29, 0.717) is 22.4 Å². The largest absolute Gasteiger partial charge is 0.497 e. The van der Waals surface area contributed by atoms with Gasteiger partial charge in [-0.1, -0.05) is 11.6 Å². The molecule has 0 radical (unpaired) electrons. The molecule has 1 aromatic heterocycles. The number of thiazole rings is 1. The molecule has 6 nitrogen and oxygen atoms in total. The summed E-state index contributed by atoms with van der Waals surface area (Å²) in [6.07, 6.45) is 1.71. The minimum Gasteiger partial charge on any atom is -0.497 e. The topological polar surface area (TPSA) is 80.3 Å². The zero-order chi connectivity index (χ0) is 18.6. The molecule has 26 heavy (non-hydrogen) atoms. The average Bonchev–Trinajstić information content (AvgIpc) is 3.06. The number of ether oxygens (including phenoxy) is 1. The first-order valence-electron chi connectivity index (χ1n) is 7.57. The number of halogens is 1. The number of nitrogens with zero attached hydrogens (tertiary/aromatic N) is 1. The van der Waals surface area contributed by atoms with Crippen molar-refractivity contribution in [1.29, 1.82) is 0 Å². The van der Waals surface area contributed by atoms with Crippen molar-refractivity contribution < 1.29 is 13.2 Å². The van der Waals surface area contributed by atoms with Crippen LogP contribution in [0.25, 0.3) is 0 Å². The predicted octanol–water partition coefficient (Wildman–Crippen LogP) is 4.22. The molecule has 136 valence electrons. The number of hydrogen-bond acceptors (Lipinski definition) is 6. The van der Waals surface area contributed by atoms with E-state index >= 15 is 0 Å². The maximum atomic E-state index is 12.5. The van der Waals surface area contributed by atoms with E-state index in [1.165, 1.54) is 11.3 Å². The van der Waals surface area contributed by atoms with Crippen molar-refractivity contribution in [3.8, 4) is 5.75 Å². The molecule has 0 bridgehead atoms. The van der Waals surface area contributed by atoms with E-state index in [0.717, 1.165) is 10.6 Å². The summed E-state index contributed by atoms with van der Waals surface area (Å²) >= 11 is 7.19. The molecule has 0 aliphatic rings. The van der Waals surface area contributed by atoms with E-state index in [-0.39, 0.29) is 4.90 Å². The van der Waals surface area contributed by atoms with Crippen molar-refractivity contribution in [2.45, 2.75) is 11.4 Å². The van der Waals surface area contributed by atoms with Gasteiger partial charge in [0.05, 0.1) is 18.6 Å². The van der Waals surface area contributed by atoms with Crippen LogP contribution >= 0.6 is 22.9 Å². The zero-order valence-corrected chi connectivity index (χ0v) is 16.2. The van der Waals surface area contributed by atoms with Gasteiger partial charge in [0.2, 0.25) is 0 Å². The Morgan fingerprint density at radius 3 is 2.31 bits per heavy atom. The Balaban J connectivity index is 1.65. The van der Waals surface area contributed by atoms with Crippen LogP contribution < -0.4 is 14.8 Å². The van der Waals surface area contributed by atoms with Crippen LogP contribution in [0.1, 0.15) is 4.88 Å². The molecule has 0 aliphatic heterocycles. The van der Waals surface area contributed by atoms with Crippen LogP contribution in [-0.4, -0.2) is 20.5 Å². The minimum atomic E-state index is -3.66. The number of anilines is 2. The molecule has 0 atom stereocenters. The second-order valence-electron chi connectivity index (χ2n) is 5.29. The third kappa shape index (κ3) is 4.66. The molecule has 0 saturated carbocycles. The Kier molecular flexibility index (Phi) is 5.65.